The van der Waals surface area contributed by atoms with Crippen LogP contribution in [-0.2, 0) is 0 Å². The second-order valence-electron chi connectivity index (χ2n) is 4.18. The van der Waals surface area contributed by atoms with E-state index >= 15 is 0 Å². The van der Waals surface area contributed by atoms with Gasteiger partial charge in [-0.1, -0.05) is 26.8 Å². The minimum Gasteiger partial charge on any atom is -0.292 e. The first-order chi connectivity index (χ1) is 6.52. The second-order valence-corrected chi connectivity index (χ2v) is 4.18. The molecular formula is C12H18FN. The van der Waals surface area contributed by atoms with E-state index in [1.165, 1.54) is 6.08 Å². The molecule has 0 aromatic rings. The van der Waals surface area contributed by atoms with E-state index in [-0.39, 0.29) is 11.3 Å². The zero-order valence-corrected chi connectivity index (χ0v) is 9.13. The molecule has 0 radical (unpaired) electrons. The van der Waals surface area contributed by atoms with Crippen LogP contribution in [0.5, 0.6) is 0 Å². The van der Waals surface area contributed by atoms with E-state index in [1.54, 1.807) is 12.3 Å². The average Bonchev–Trinajstić information content (AvgIpc) is 2.09. The zero-order chi connectivity index (χ0) is 11.0. The predicted molar refractivity (Wildman–Crippen MR) is 60.3 cm³/mol. The van der Waals surface area contributed by atoms with Crippen molar-refractivity contribution < 1.29 is 4.39 Å². The predicted octanol–water partition coefficient (Wildman–Crippen LogP) is 2.88. The summed E-state index contributed by atoms with van der Waals surface area (Å²) in [6.45, 7) is 6.40. The number of terminal acetylenes is 1. The van der Waals surface area contributed by atoms with E-state index in [2.05, 4.69) is 31.7 Å². The molecule has 0 rings (SSSR count). The fourth-order valence-corrected chi connectivity index (χ4v) is 0.916. The second kappa shape index (κ2) is 6.37. The number of nitrogens with zero attached hydrogens (tertiary/aromatic N) is 1. The average molecular weight is 195 g/mol. The number of hydrogen-bond donors (Lipinski definition) is 0. The minimum absolute atomic E-state index is 0.0654. The molecular weight excluding hydrogens is 177 g/mol. The van der Waals surface area contributed by atoms with Crippen molar-refractivity contribution in [2.24, 2.45) is 16.3 Å². The SMILES string of the molecule is C#C[C@H](CN=C/C=C\CF)C(C)(C)C. The van der Waals surface area contributed by atoms with Crippen LogP contribution in [0.25, 0.3) is 0 Å². The lowest BCUT2D eigenvalue weighted by molar-refractivity contribution is 0.311. The first kappa shape index (κ1) is 12.9. The lowest BCUT2D eigenvalue weighted by atomic mass is 9.81. The molecule has 0 N–H and O–H groups in total. The highest BCUT2D eigenvalue weighted by Gasteiger charge is 2.21. The van der Waals surface area contributed by atoms with Gasteiger partial charge in [-0.05, 0) is 11.5 Å². The van der Waals surface area contributed by atoms with Crippen LogP contribution in [0.15, 0.2) is 17.1 Å². The van der Waals surface area contributed by atoms with Gasteiger partial charge in [0.15, 0.2) is 0 Å². The Balaban J connectivity index is 4.05. The molecule has 0 bridgehead atoms. The quantitative estimate of drug-likeness (QED) is 0.483. The van der Waals surface area contributed by atoms with Crippen LogP contribution in [0.1, 0.15) is 20.8 Å². The molecule has 0 amide bonds. The first-order valence-corrected chi connectivity index (χ1v) is 4.69. The van der Waals surface area contributed by atoms with Gasteiger partial charge in [-0.25, -0.2) is 4.39 Å². The Bertz CT molecular complexity index is 240. The van der Waals surface area contributed by atoms with Crippen LogP contribution in [-0.4, -0.2) is 19.4 Å². The van der Waals surface area contributed by atoms with Crippen LogP contribution in [0.4, 0.5) is 4.39 Å². The Morgan fingerprint density at radius 1 is 1.50 bits per heavy atom. The summed E-state index contributed by atoms with van der Waals surface area (Å²) in [5.74, 6) is 2.84. The molecule has 0 heterocycles. The van der Waals surface area contributed by atoms with Crippen molar-refractivity contribution in [1.82, 2.24) is 0 Å². The molecule has 14 heavy (non-hydrogen) atoms. The van der Waals surface area contributed by atoms with E-state index in [9.17, 15) is 4.39 Å². The maximum absolute atomic E-state index is 11.7. The molecule has 0 fully saturated rings. The molecule has 0 aliphatic heterocycles. The van der Waals surface area contributed by atoms with Gasteiger partial charge in [-0.15, -0.1) is 12.3 Å². The van der Waals surface area contributed by atoms with Crippen molar-refractivity contribution >= 4 is 6.21 Å². The van der Waals surface area contributed by atoms with Gasteiger partial charge < -0.3 is 0 Å². The Kier molecular flexibility index (Phi) is 5.87. The van der Waals surface area contributed by atoms with Crippen molar-refractivity contribution in [1.29, 1.82) is 0 Å². The highest BCUT2D eigenvalue weighted by atomic mass is 19.1. The molecule has 0 saturated carbocycles. The van der Waals surface area contributed by atoms with E-state index < -0.39 is 6.67 Å². The summed E-state index contributed by atoms with van der Waals surface area (Å²) in [6, 6.07) is 0. The van der Waals surface area contributed by atoms with Crippen molar-refractivity contribution in [3.8, 4) is 12.3 Å². The van der Waals surface area contributed by atoms with Crippen LogP contribution >= 0.6 is 0 Å². The Labute approximate surface area is 86.1 Å². The normalized spacial score (nSPS) is 14.8. The number of aliphatic imine (C=N–C) groups is 1. The molecule has 0 aromatic carbocycles. The summed E-state index contributed by atoms with van der Waals surface area (Å²) in [5, 5.41) is 0. The third kappa shape index (κ3) is 5.53. The van der Waals surface area contributed by atoms with Crippen LogP contribution in [0.2, 0.25) is 0 Å². The van der Waals surface area contributed by atoms with Crippen LogP contribution < -0.4 is 0 Å². The van der Waals surface area contributed by atoms with Crippen LogP contribution in [0, 0.1) is 23.7 Å². The number of hydrogen-bond acceptors (Lipinski definition) is 1. The van der Waals surface area contributed by atoms with Gasteiger partial charge in [0.05, 0.1) is 6.54 Å². The van der Waals surface area contributed by atoms with Crippen molar-refractivity contribution in [2.45, 2.75) is 20.8 Å². The number of rotatable bonds is 4. The molecule has 0 aliphatic carbocycles. The Hall–Kier alpha value is -1.10. The summed E-state index contributed by atoms with van der Waals surface area (Å²) in [7, 11) is 0. The minimum atomic E-state index is -0.455. The molecule has 0 spiro atoms. The monoisotopic (exact) mass is 195 g/mol. The number of alkyl halides is 1. The lowest BCUT2D eigenvalue weighted by Gasteiger charge is -2.24. The van der Waals surface area contributed by atoms with Gasteiger partial charge in [0.2, 0.25) is 0 Å². The number of halogens is 1. The molecule has 0 aromatic heterocycles. The van der Waals surface area contributed by atoms with E-state index in [0.29, 0.717) is 6.54 Å². The fourth-order valence-electron chi connectivity index (χ4n) is 0.916. The highest BCUT2D eigenvalue weighted by Crippen LogP contribution is 2.25. The van der Waals surface area contributed by atoms with Gasteiger partial charge in [-0.2, -0.15) is 0 Å². The summed E-state index contributed by atoms with van der Waals surface area (Å²) < 4.78 is 11.7. The molecule has 0 aliphatic rings. The third-order valence-electron chi connectivity index (χ3n) is 1.95. The van der Waals surface area contributed by atoms with E-state index in [0.717, 1.165) is 0 Å². The topological polar surface area (TPSA) is 12.4 Å². The third-order valence-corrected chi connectivity index (χ3v) is 1.95. The Morgan fingerprint density at radius 2 is 2.14 bits per heavy atom. The van der Waals surface area contributed by atoms with Crippen LogP contribution in [0.3, 0.4) is 0 Å². The van der Waals surface area contributed by atoms with Gasteiger partial charge in [-0.3, -0.25) is 4.99 Å². The number of allylic oxidation sites excluding steroid dienone is 2. The summed E-state index contributed by atoms with van der Waals surface area (Å²) in [6.07, 6.45) is 9.99. The van der Waals surface area contributed by atoms with Gasteiger partial charge in [0, 0.05) is 12.1 Å². The van der Waals surface area contributed by atoms with Crippen molar-refractivity contribution in [3.63, 3.8) is 0 Å². The zero-order valence-electron chi connectivity index (χ0n) is 9.13. The highest BCUT2D eigenvalue weighted by molar-refractivity contribution is 5.70. The summed E-state index contributed by atoms with van der Waals surface area (Å²) >= 11 is 0. The summed E-state index contributed by atoms with van der Waals surface area (Å²) in [4.78, 5) is 4.13. The van der Waals surface area contributed by atoms with E-state index in [4.69, 9.17) is 6.42 Å². The van der Waals surface area contributed by atoms with Crippen molar-refractivity contribution in [3.05, 3.63) is 12.2 Å². The van der Waals surface area contributed by atoms with Gasteiger partial charge in [0.25, 0.3) is 0 Å². The standard InChI is InChI=1S/C12H18FN/c1-5-11(12(2,3)4)10-14-9-7-6-8-13/h1,6-7,9,11H,8,10H2,2-4H3/b7-6-,14-9?/t11-/m1/s1. The molecule has 1 atom stereocenters. The van der Waals surface area contributed by atoms with E-state index in [1.807, 2.05) is 0 Å². The van der Waals surface area contributed by atoms with Gasteiger partial charge in [0.1, 0.15) is 6.67 Å². The van der Waals surface area contributed by atoms with Gasteiger partial charge >= 0.3 is 0 Å². The molecule has 78 valence electrons. The smallest absolute Gasteiger partial charge is 0.108 e. The largest absolute Gasteiger partial charge is 0.292 e. The summed E-state index contributed by atoms with van der Waals surface area (Å²) in [5.41, 5.74) is 0.0654. The fraction of sp³-hybridized carbons (Fsp3) is 0.583. The Morgan fingerprint density at radius 3 is 2.57 bits per heavy atom. The maximum atomic E-state index is 11.7. The molecule has 0 saturated heterocycles. The maximum Gasteiger partial charge on any atom is 0.108 e. The first-order valence-electron chi connectivity index (χ1n) is 4.69. The molecule has 2 heteroatoms. The van der Waals surface area contributed by atoms with Crippen molar-refractivity contribution in [2.75, 3.05) is 13.2 Å². The molecule has 1 nitrogen and oxygen atoms in total. The lowest BCUT2D eigenvalue weighted by Crippen LogP contribution is -2.21. The molecule has 0 unspecified atom stereocenters.